The van der Waals surface area contributed by atoms with Crippen molar-refractivity contribution in [3.63, 3.8) is 0 Å². The molecular formula is C26H40N4O8S2. The standard InChI is InChI=1S/C26H40N4O8S2/c1-15(2)22-25(36)27-13-21(33)37-16-8-6-7-11-39-40-14-18(24(35)30-22)29-23(34)17(28-19(31)12-16)9-10-20(32)38-26(3,4)5/h6,8,15-18,22H,7,9-14H2,1-5H3,(H,27,36)(H,28,31)(H,29,34)(H,30,35)/b8-6-/t16-,17-,18-,22-/m1/s1. The first-order valence-corrected chi connectivity index (χ1v) is 15.7. The maximum Gasteiger partial charge on any atom is 0.326 e. The van der Waals surface area contributed by atoms with Crippen molar-refractivity contribution in [2.45, 2.75) is 90.1 Å². The molecule has 4 amide bonds. The molecule has 2 rings (SSSR count). The zero-order chi connectivity index (χ0) is 29.9. The van der Waals surface area contributed by atoms with E-state index in [9.17, 15) is 28.8 Å². The second kappa shape index (κ2) is 15.9. The number of hydrogen-bond acceptors (Lipinski definition) is 10. The lowest BCUT2D eigenvalue weighted by molar-refractivity contribution is -0.155. The molecule has 0 saturated carbocycles. The minimum Gasteiger partial charge on any atom is -0.460 e. The fraction of sp³-hybridized carbons (Fsp3) is 0.692. The molecule has 4 N–H and O–H groups in total. The molecule has 0 unspecified atom stereocenters. The Hall–Kier alpha value is -2.74. The van der Waals surface area contributed by atoms with E-state index in [4.69, 9.17) is 9.47 Å². The molecule has 14 heteroatoms. The molecule has 0 aromatic carbocycles. The minimum atomic E-state index is -1.17. The summed E-state index contributed by atoms with van der Waals surface area (Å²) < 4.78 is 10.8. The summed E-state index contributed by atoms with van der Waals surface area (Å²) in [5.41, 5.74) is -0.726. The summed E-state index contributed by atoms with van der Waals surface area (Å²) in [6, 6.07) is -3.18. The van der Waals surface area contributed by atoms with Gasteiger partial charge in [0.25, 0.3) is 0 Å². The quantitative estimate of drug-likeness (QED) is 0.207. The highest BCUT2D eigenvalue weighted by molar-refractivity contribution is 8.76. The number of hydrogen-bond donors (Lipinski definition) is 4. The number of carbonyl (C=O) groups is 6. The topological polar surface area (TPSA) is 169 Å². The van der Waals surface area contributed by atoms with E-state index >= 15 is 0 Å². The molecule has 1 fully saturated rings. The van der Waals surface area contributed by atoms with E-state index in [1.807, 2.05) is 0 Å². The number of esters is 2. The lowest BCUT2D eigenvalue weighted by atomic mass is 10.0. The fourth-order valence-corrected chi connectivity index (χ4v) is 5.93. The first-order chi connectivity index (χ1) is 18.7. The Balaban J connectivity index is 2.42. The van der Waals surface area contributed by atoms with E-state index in [1.54, 1.807) is 46.8 Å². The Morgan fingerprint density at radius 2 is 1.77 bits per heavy atom. The summed E-state index contributed by atoms with van der Waals surface area (Å²) in [5, 5.41) is 10.5. The van der Waals surface area contributed by atoms with Crippen molar-refractivity contribution in [2.75, 3.05) is 18.1 Å². The van der Waals surface area contributed by atoms with Crippen LogP contribution in [0.4, 0.5) is 0 Å². The maximum absolute atomic E-state index is 13.4. The van der Waals surface area contributed by atoms with Gasteiger partial charge in [-0.25, -0.2) is 0 Å². The smallest absolute Gasteiger partial charge is 0.326 e. The monoisotopic (exact) mass is 600 g/mol. The lowest BCUT2D eigenvalue weighted by Gasteiger charge is -2.27. The molecule has 4 atom stereocenters. The van der Waals surface area contributed by atoms with Gasteiger partial charge in [-0.1, -0.05) is 41.5 Å². The highest BCUT2D eigenvalue weighted by Gasteiger charge is 2.32. The number of carbonyl (C=O) groups excluding carboxylic acids is 6. The van der Waals surface area contributed by atoms with E-state index in [-0.39, 0.29) is 30.9 Å². The summed E-state index contributed by atoms with van der Waals surface area (Å²) in [6.45, 7) is 8.19. The van der Waals surface area contributed by atoms with Gasteiger partial charge in [-0.3, -0.25) is 28.8 Å². The number of rotatable bonds is 4. The Morgan fingerprint density at radius 1 is 1.05 bits per heavy atom. The molecule has 224 valence electrons. The van der Waals surface area contributed by atoms with E-state index < -0.39 is 71.9 Å². The summed E-state index contributed by atoms with van der Waals surface area (Å²) in [7, 11) is 2.87. The van der Waals surface area contributed by atoms with Crippen molar-refractivity contribution in [1.29, 1.82) is 0 Å². The average molecular weight is 601 g/mol. The predicted molar refractivity (Wildman–Crippen MR) is 152 cm³/mol. The molecule has 0 aliphatic carbocycles. The van der Waals surface area contributed by atoms with Gasteiger partial charge in [0.15, 0.2) is 0 Å². The molecule has 0 aromatic heterocycles. The predicted octanol–water partition coefficient (Wildman–Crippen LogP) is 0.992. The molecule has 0 spiro atoms. The van der Waals surface area contributed by atoms with Crippen LogP contribution in [0.2, 0.25) is 0 Å². The molecule has 2 aliphatic heterocycles. The van der Waals surface area contributed by atoms with E-state index in [0.717, 1.165) is 0 Å². The second-order valence-corrected chi connectivity index (χ2v) is 13.4. The van der Waals surface area contributed by atoms with Gasteiger partial charge in [0.2, 0.25) is 23.6 Å². The fourth-order valence-electron chi connectivity index (χ4n) is 3.77. The molecule has 12 nitrogen and oxygen atoms in total. The first kappa shape index (κ1) is 33.5. The third-order valence-electron chi connectivity index (χ3n) is 5.70. The third-order valence-corrected chi connectivity index (χ3v) is 8.15. The van der Waals surface area contributed by atoms with Crippen molar-refractivity contribution >= 4 is 57.2 Å². The zero-order valence-electron chi connectivity index (χ0n) is 23.6. The van der Waals surface area contributed by atoms with Gasteiger partial charge in [0.1, 0.15) is 36.4 Å². The minimum absolute atomic E-state index is 0.0833. The van der Waals surface area contributed by atoms with Crippen molar-refractivity contribution < 1.29 is 38.2 Å². The second-order valence-electron chi connectivity index (χ2n) is 10.8. The van der Waals surface area contributed by atoms with Crippen molar-refractivity contribution in [1.82, 2.24) is 21.3 Å². The SMILES string of the molecule is CC(C)[C@H]1NC(=O)[C@H]2CSSCC/C=C\[C@H](CC(=O)N[C@H](CCC(=O)OC(C)(C)C)C(=O)N2)OC(=O)CNC1=O. The van der Waals surface area contributed by atoms with E-state index in [0.29, 0.717) is 12.2 Å². The van der Waals surface area contributed by atoms with E-state index in [2.05, 4.69) is 21.3 Å². The van der Waals surface area contributed by atoms with Gasteiger partial charge in [-0.05, 0) is 45.6 Å². The number of fused-ring (bicyclic) bond motifs is 7. The molecule has 40 heavy (non-hydrogen) atoms. The highest BCUT2D eigenvalue weighted by Crippen LogP contribution is 2.24. The van der Waals surface area contributed by atoms with Crippen LogP contribution in [0.1, 0.15) is 60.3 Å². The van der Waals surface area contributed by atoms with E-state index in [1.165, 1.54) is 21.6 Å². The van der Waals surface area contributed by atoms with Crippen molar-refractivity contribution in [2.24, 2.45) is 5.92 Å². The van der Waals surface area contributed by atoms with Crippen LogP contribution in [0.5, 0.6) is 0 Å². The summed E-state index contributed by atoms with van der Waals surface area (Å²) >= 11 is 0. The van der Waals surface area contributed by atoms with Gasteiger partial charge >= 0.3 is 11.9 Å². The molecule has 2 heterocycles. The lowest BCUT2D eigenvalue weighted by Crippen LogP contribution is -2.59. The summed E-state index contributed by atoms with van der Waals surface area (Å²) in [5.74, 6) is -3.20. The van der Waals surface area contributed by atoms with Crippen LogP contribution in [0, 0.1) is 5.92 Å². The largest absolute Gasteiger partial charge is 0.460 e. The number of ether oxygens (including phenoxy) is 2. The van der Waals surface area contributed by atoms with Crippen LogP contribution < -0.4 is 21.3 Å². The van der Waals surface area contributed by atoms with Crippen LogP contribution in [0.15, 0.2) is 12.2 Å². The third kappa shape index (κ3) is 12.2. The Labute approximate surface area is 242 Å². The zero-order valence-corrected chi connectivity index (χ0v) is 25.2. The van der Waals surface area contributed by atoms with Gasteiger partial charge in [-0.15, -0.1) is 0 Å². The van der Waals surface area contributed by atoms with Crippen LogP contribution >= 0.6 is 21.6 Å². The molecule has 2 bridgehead atoms. The number of amides is 4. The van der Waals surface area contributed by atoms with Gasteiger partial charge in [0, 0.05) is 17.9 Å². The summed E-state index contributed by atoms with van der Waals surface area (Å²) in [6.07, 6.45) is 2.53. The van der Waals surface area contributed by atoms with Gasteiger partial charge < -0.3 is 30.7 Å². The van der Waals surface area contributed by atoms with Crippen LogP contribution in [-0.2, 0) is 38.2 Å². The molecule has 1 saturated heterocycles. The normalized spacial score (nSPS) is 26.9. The van der Waals surface area contributed by atoms with Crippen LogP contribution in [0.3, 0.4) is 0 Å². The molecule has 0 radical (unpaired) electrons. The Kier molecular flexibility index (Phi) is 13.3. The number of nitrogens with one attached hydrogen (secondary N) is 4. The average Bonchev–Trinajstić information content (AvgIpc) is 2.84. The first-order valence-electron chi connectivity index (χ1n) is 13.3. The highest BCUT2D eigenvalue weighted by atomic mass is 33.1. The van der Waals surface area contributed by atoms with Crippen LogP contribution in [0.25, 0.3) is 0 Å². The van der Waals surface area contributed by atoms with Gasteiger partial charge in [0.05, 0.1) is 6.42 Å². The molecule has 0 aromatic rings. The van der Waals surface area contributed by atoms with Crippen LogP contribution in [-0.4, -0.2) is 83.4 Å². The van der Waals surface area contributed by atoms with Crippen molar-refractivity contribution in [3.05, 3.63) is 12.2 Å². The van der Waals surface area contributed by atoms with Gasteiger partial charge in [-0.2, -0.15) is 0 Å². The molecular weight excluding hydrogens is 560 g/mol. The Bertz CT molecular complexity index is 982. The Morgan fingerprint density at radius 3 is 2.45 bits per heavy atom. The molecule has 2 aliphatic rings. The number of allylic oxidation sites excluding steroid dienone is 1. The summed E-state index contributed by atoms with van der Waals surface area (Å²) in [4.78, 5) is 77.4. The van der Waals surface area contributed by atoms with Crippen molar-refractivity contribution in [3.8, 4) is 0 Å². The maximum atomic E-state index is 13.4.